The van der Waals surface area contributed by atoms with Crippen molar-refractivity contribution in [1.29, 1.82) is 0 Å². The van der Waals surface area contributed by atoms with Gasteiger partial charge in [-0.05, 0) is 0 Å². The lowest BCUT2D eigenvalue weighted by Gasteiger charge is -2.14. The Hall–Kier alpha value is -1.17. The van der Waals surface area contributed by atoms with Crippen LogP contribution in [0.5, 0.6) is 0 Å². The molecule has 0 heterocycles. The van der Waals surface area contributed by atoms with Gasteiger partial charge in [0.1, 0.15) is 11.6 Å². The molecule has 0 saturated carbocycles. The number of carbonyl (C=O) groups is 2. The molecule has 0 fully saturated rings. The van der Waals surface area contributed by atoms with Crippen molar-refractivity contribution in [3.63, 3.8) is 0 Å². The summed E-state index contributed by atoms with van der Waals surface area (Å²) in [5.41, 5.74) is 5.23. The van der Waals surface area contributed by atoms with Gasteiger partial charge in [-0.15, -0.1) is 0 Å². The van der Waals surface area contributed by atoms with Gasteiger partial charge in [0.15, 0.2) is 6.10 Å². The standard InChI is InChI=1S/C7H11NO4S/c1-4(9)11-3-6(7(8)13)12-5(2)10/h6H,3H2,1-2H3,(H2,8,13)/t6-/m1/s1. The Morgan fingerprint density at radius 1 is 1.38 bits per heavy atom. The number of carbonyl (C=O) groups excluding carboxylic acids is 2. The van der Waals surface area contributed by atoms with Crippen LogP contribution < -0.4 is 5.73 Å². The Morgan fingerprint density at radius 2 is 1.92 bits per heavy atom. The van der Waals surface area contributed by atoms with Crippen molar-refractivity contribution in [3.05, 3.63) is 0 Å². The summed E-state index contributed by atoms with van der Waals surface area (Å²) in [4.78, 5) is 20.9. The average molecular weight is 205 g/mol. The summed E-state index contributed by atoms with van der Waals surface area (Å²) in [6, 6.07) is 0. The summed E-state index contributed by atoms with van der Waals surface area (Å²) in [7, 11) is 0. The second kappa shape index (κ2) is 5.47. The molecule has 0 saturated heterocycles. The van der Waals surface area contributed by atoms with Gasteiger partial charge < -0.3 is 15.2 Å². The first-order valence-corrected chi connectivity index (χ1v) is 3.94. The number of ether oxygens (including phenoxy) is 2. The molecule has 0 bridgehead atoms. The molecule has 0 aromatic rings. The van der Waals surface area contributed by atoms with E-state index in [1.165, 1.54) is 13.8 Å². The molecule has 0 amide bonds. The van der Waals surface area contributed by atoms with Gasteiger partial charge in [-0.1, -0.05) is 12.2 Å². The monoisotopic (exact) mass is 205 g/mol. The first kappa shape index (κ1) is 11.8. The highest BCUT2D eigenvalue weighted by Crippen LogP contribution is 1.95. The van der Waals surface area contributed by atoms with Gasteiger partial charge in [-0.3, -0.25) is 9.59 Å². The van der Waals surface area contributed by atoms with Crippen LogP contribution in [0.3, 0.4) is 0 Å². The van der Waals surface area contributed by atoms with Crippen molar-refractivity contribution in [3.8, 4) is 0 Å². The molecule has 2 N–H and O–H groups in total. The van der Waals surface area contributed by atoms with E-state index in [4.69, 9.17) is 5.73 Å². The lowest BCUT2D eigenvalue weighted by Crippen LogP contribution is -2.35. The highest BCUT2D eigenvalue weighted by atomic mass is 32.1. The minimum Gasteiger partial charge on any atom is -0.461 e. The SMILES string of the molecule is CC(=O)OC[C@@H](OC(C)=O)C(N)=S. The molecule has 0 aliphatic carbocycles. The van der Waals surface area contributed by atoms with E-state index in [9.17, 15) is 9.59 Å². The van der Waals surface area contributed by atoms with E-state index in [0.29, 0.717) is 0 Å². The van der Waals surface area contributed by atoms with Crippen molar-refractivity contribution in [1.82, 2.24) is 0 Å². The van der Waals surface area contributed by atoms with Crippen molar-refractivity contribution < 1.29 is 19.1 Å². The van der Waals surface area contributed by atoms with Gasteiger partial charge in [-0.2, -0.15) is 0 Å². The predicted octanol–water partition coefficient (Wildman–Crippen LogP) is -0.233. The van der Waals surface area contributed by atoms with E-state index in [1.54, 1.807) is 0 Å². The van der Waals surface area contributed by atoms with Gasteiger partial charge in [0, 0.05) is 13.8 Å². The first-order chi connectivity index (χ1) is 5.93. The molecule has 0 spiro atoms. The van der Waals surface area contributed by atoms with E-state index in [0.717, 1.165) is 0 Å². The molecular weight excluding hydrogens is 194 g/mol. The van der Waals surface area contributed by atoms with Gasteiger partial charge in [0.2, 0.25) is 0 Å². The molecule has 74 valence electrons. The fourth-order valence-electron chi connectivity index (χ4n) is 0.568. The molecule has 1 atom stereocenters. The van der Waals surface area contributed by atoms with Crippen LogP contribution in [0.4, 0.5) is 0 Å². The Morgan fingerprint density at radius 3 is 2.23 bits per heavy atom. The summed E-state index contributed by atoms with van der Waals surface area (Å²) in [5.74, 6) is -1.00. The molecule has 6 heteroatoms. The van der Waals surface area contributed by atoms with Gasteiger partial charge in [0.25, 0.3) is 0 Å². The molecule has 0 radical (unpaired) electrons. The van der Waals surface area contributed by atoms with Crippen molar-refractivity contribution in [2.24, 2.45) is 5.73 Å². The molecular formula is C7H11NO4S. The molecule has 0 aliphatic heterocycles. The Balaban J connectivity index is 4.02. The smallest absolute Gasteiger partial charge is 0.303 e. The number of esters is 2. The fraction of sp³-hybridized carbons (Fsp3) is 0.571. The number of nitrogens with two attached hydrogens (primary N) is 1. The molecule has 5 nitrogen and oxygen atoms in total. The summed E-state index contributed by atoms with van der Waals surface area (Å²) in [6.07, 6.45) is -0.837. The normalized spacial score (nSPS) is 11.5. The Kier molecular flexibility index (Phi) is 4.98. The minimum atomic E-state index is -0.837. The summed E-state index contributed by atoms with van der Waals surface area (Å²) >= 11 is 4.60. The lowest BCUT2D eigenvalue weighted by atomic mass is 10.4. The van der Waals surface area contributed by atoms with Crippen LogP contribution in [0.1, 0.15) is 13.8 Å². The third kappa shape index (κ3) is 6.03. The van der Waals surface area contributed by atoms with Crippen molar-refractivity contribution in [2.45, 2.75) is 20.0 Å². The summed E-state index contributed by atoms with van der Waals surface area (Å²) < 4.78 is 9.26. The quantitative estimate of drug-likeness (QED) is 0.504. The predicted molar refractivity (Wildman–Crippen MR) is 49.0 cm³/mol. The molecule has 0 aromatic carbocycles. The molecule has 0 aromatic heterocycles. The maximum absolute atomic E-state index is 10.5. The van der Waals surface area contributed by atoms with E-state index >= 15 is 0 Å². The molecule has 13 heavy (non-hydrogen) atoms. The molecule has 0 aliphatic rings. The third-order valence-electron chi connectivity index (χ3n) is 1.06. The fourth-order valence-corrected chi connectivity index (χ4v) is 0.684. The van der Waals surface area contributed by atoms with Crippen LogP contribution in [0.25, 0.3) is 0 Å². The lowest BCUT2D eigenvalue weighted by molar-refractivity contribution is -0.152. The van der Waals surface area contributed by atoms with Crippen LogP contribution in [-0.2, 0) is 19.1 Å². The van der Waals surface area contributed by atoms with Gasteiger partial charge >= 0.3 is 11.9 Å². The van der Waals surface area contributed by atoms with E-state index in [2.05, 4.69) is 21.7 Å². The minimum absolute atomic E-state index is 0.0172. The topological polar surface area (TPSA) is 78.6 Å². The van der Waals surface area contributed by atoms with Crippen LogP contribution in [0.2, 0.25) is 0 Å². The summed E-state index contributed by atoms with van der Waals surface area (Å²) in [5, 5.41) is 0. The second-order valence-corrected chi connectivity index (χ2v) is 2.77. The number of hydrogen-bond acceptors (Lipinski definition) is 5. The van der Waals surface area contributed by atoms with Crippen LogP contribution >= 0.6 is 12.2 Å². The largest absolute Gasteiger partial charge is 0.461 e. The first-order valence-electron chi connectivity index (χ1n) is 3.53. The van der Waals surface area contributed by atoms with E-state index < -0.39 is 18.0 Å². The Labute approximate surface area is 81.2 Å². The highest BCUT2D eigenvalue weighted by molar-refractivity contribution is 7.80. The van der Waals surface area contributed by atoms with Gasteiger partial charge in [-0.25, -0.2) is 0 Å². The number of hydrogen-bond donors (Lipinski definition) is 1. The van der Waals surface area contributed by atoms with Crippen molar-refractivity contribution in [2.75, 3.05) is 6.61 Å². The van der Waals surface area contributed by atoms with Crippen molar-refractivity contribution >= 4 is 29.1 Å². The van der Waals surface area contributed by atoms with E-state index in [1.807, 2.05) is 0 Å². The zero-order valence-electron chi connectivity index (χ0n) is 7.40. The van der Waals surface area contributed by atoms with Crippen LogP contribution in [0, 0.1) is 0 Å². The third-order valence-corrected chi connectivity index (χ3v) is 1.33. The molecule has 0 unspecified atom stereocenters. The zero-order chi connectivity index (χ0) is 10.4. The highest BCUT2D eigenvalue weighted by Gasteiger charge is 2.16. The van der Waals surface area contributed by atoms with E-state index in [-0.39, 0.29) is 11.6 Å². The maximum atomic E-state index is 10.5. The van der Waals surface area contributed by atoms with Crippen LogP contribution in [-0.4, -0.2) is 29.6 Å². The number of rotatable bonds is 4. The van der Waals surface area contributed by atoms with Crippen LogP contribution in [0.15, 0.2) is 0 Å². The number of thiocarbonyl (C=S) groups is 1. The summed E-state index contributed by atoms with van der Waals surface area (Å²) in [6.45, 7) is 2.33. The van der Waals surface area contributed by atoms with Gasteiger partial charge in [0.05, 0.1) is 0 Å². The second-order valence-electron chi connectivity index (χ2n) is 2.30. The Bertz CT molecular complexity index is 229. The maximum Gasteiger partial charge on any atom is 0.303 e. The average Bonchev–Trinajstić information content (AvgIpc) is 1.96. The molecule has 0 rings (SSSR count). The zero-order valence-corrected chi connectivity index (χ0v) is 8.22.